The van der Waals surface area contributed by atoms with Crippen molar-refractivity contribution in [1.82, 2.24) is 0 Å². The number of carbonyl (C=O) groups is 1. The molecule has 0 spiro atoms. The molecule has 36 heavy (non-hydrogen) atoms. The third kappa shape index (κ3) is 5.85. The summed E-state index contributed by atoms with van der Waals surface area (Å²) in [5, 5.41) is 13.9. The van der Waals surface area contributed by atoms with Crippen LogP contribution in [0.25, 0.3) is 16.8 Å². The summed E-state index contributed by atoms with van der Waals surface area (Å²) in [6.45, 7) is 0.314. The number of nitrogens with zero attached hydrogens (tertiary/aromatic N) is 1. The van der Waals surface area contributed by atoms with Crippen LogP contribution in [0.1, 0.15) is 16.7 Å². The molecule has 8 heteroatoms. The minimum Gasteiger partial charge on any atom is -0.489 e. The Morgan fingerprint density at radius 1 is 1.00 bits per heavy atom. The molecule has 4 aromatic rings. The lowest BCUT2D eigenvalue weighted by Crippen LogP contribution is -2.15. The van der Waals surface area contributed by atoms with Crippen molar-refractivity contribution in [3.8, 4) is 11.8 Å². The highest BCUT2D eigenvalue weighted by atomic mass is 35.5. The molecular formula is C28H18ClF3N2O2. The zero-order chi connectivity index (χ0) is 25.7. The molecule has 0 saturated heterocycles. The summed E-state index contributed by atoms with van der Waals surface area (Å²) in [5.41, 5.74) is -0.0170. The molecule has 0 aliphatic carbocycles. The first kappa shape index (κ1) is 24.8. The van der Waals surface area contributed by atoms with Crippen molar-refractivity contribution < 1.29 is 22.7 Å². The lowest BCUT2D eigenvalue weighted by molar-refractivity contribution is -0.137. The van der Waals surface area contributed by atoms with Gasteiger partial charge in [-0.2, -0.15) is 18.4 Å². The molecule has 4 aromatic carbocycles. The van der Waals surface area contributed by atoms with Crippen LogP contribution in [0, 0.1) is 11.3 Å². The SMILES string of the molecule is N#CC(=Cc1cccc(OCc2cccc3ccccc23)c1)C(=O)Nc1cc(C(F)(F)F)ccc1Cl. The van der Waals surface area contributed by atoms with E-state index < -0.39 is 17.6 Å². The van der Waals surface area contributed by atoms with Gasteiger partial charge in [-0.15, -0.1) is 0 Å². The summed E-state index contributed by atoms with van der Waals surface area (Å²) in [5.74, 6) is -0.365. The fraction of sp³-hybridized carbons (Fsp3) is 0.0714. The summed E-state index contributed by atoms with van der Waals surface area (Å²) >= 11 is 5.94. The molecule has 0 saturated carbocycles. The van der Waals surface area contributed by atoms with E-state index in [1.165, 1.54) is 6.08 Å². The van der Waals surface area contributed by atoms with Crippen molar-refractivity contribution >= 4 is 40.0 Å². The summed E-state index contributed by atoms with van der Waals surface area (Å²) < 4.78 is 44.9. The number of fused-ring (bicyclic) bond motifs is 1. The molecule has 0 aliphatic rings. The molecule has 0 fully saturated rings. The minimum absolute atomic E-state index is 0.0857. The van der Waals surface area contributed by atoms with Crippen LogP contribution in [0.2, 0.25) is 5.02 Å². The van der Waals surface area contributed by atoms with E-state index in [-0.39, 0.29) is 16.3 Å². The fourth-order valence-corrected chi connectivity index (χ4v) is 3.74. The van der Waals surface area contributed by atoms with E-state index in [1.54, 1.807) is 30.3 Å². The third-order valence-electron chi connectivity index (χ3n) is 5.35. The summed E-state index contributed by atoms with van der Waals surface area (Å²) in [6.07, 6.45) is -3.29. The van der Waals surface area contributed by atoms with Crippen molar-refractivity contribution in [2.24, 2.45) is 0 Å². The molecule has 180 valence electrons. The summed E-state index contributed by atoms with van der Waals surface area (Å²) in [4.78, 5) is 12.6. The van der Waals surface area contributed by atoms with Gasteiger partial charge in [0.05, 0.1) is 16.3 Å². The number of alkyl halides is 3. The first-order valence-corrected chi connectivity index (χ1v) is 11.1. The number of benzene rings is 4. The normalized spacial score (nSPS) is 11.7. The predicted octanol–water partition coefficient (Wildman–Crippen LogP) is 7.64. The van der Waals surface area contributed by atoms with Gasteiger partial charge < -0.3 is 10.1 Å². The maximum absolute atomic E-state index is 13.0. The molecule has 0 atom stereocenters. The standard InChI is InChI=1S/C28H18ClF3N2O2/c29-25-12-11-22(28(30,31)32)15-26(25)34-27(35)21(16-33)13-18-5-3-9-23(14-18)36-17-20-8-4-7-19-6-1-2-10-24(19)20/h1-15H,17H2,(H,34,35). The van der Waals surface area contributed by atoms with Crippen molar-refractivity contribution in [2.45, 2.75) is 12.8 Å². The molecule has 1 amide bonds. The van der Waals surface area contributed by atoms with Crippen LogP contribution in [-0.4, -0.2) is 5.91 Å². The minimum atomic E-state index is -4.61. The van der Waals surface area contributed by atoms with Crippen LogP contribution >= 0.6 is 11.6 Å². The van der Waals surface area contributed by atoms with Crippen LogP contribution in [0.3, 0.4) is 0 Å². The van der Waals surface area contributed by atoms with Gasteiger partial charge in [0.25, 0.3) is 5.91 Å². The highest BCUT2D eigenvalue weighted by Gasteiger charge is 2.31. The summed E-state index contributed by atoms with van der Waals surface area (Å²) in [7, 11) is 0. The number of ether oxygens (including phenoxy) is 1. The molecular weight excluding hydrogens is 489 g/mol. The van der Waals surface area contributed by atoms with Gasteiger partial charge in [0, 0.05) is 0 Å². The van der Waals surface area contributed by atoms with E-state index in [1.807, 2.05) is 42.5 Å². The molecule has 0 aromatic heterocycles. The van der Waals surface area contributed by atoms with Gasteiger partial charge in [0.15, 0.2) is 0 Å². The van der Waals surface area contributed by atoms with Gasteiger partial charge in [-0.3, -0.25) is 4.79 Å². The Morgan fingerprint density at radius 3 is 2.53 bits per heavy atom. The topological polar surface area (TPSA) is 62.1 Å². The Morgan fingerprint density at radius 2 is 1.75 bits per heavy atom. The van der Waals surface area contributed by atoms with Crippen LogP contribution in [0.5, 0.6) is 5.75 Å². The van der Waals surface area contributed by atoms with E-state index in [0.717, 1.165) is 34.5 Å². The van der Waals surface area contributed by atoms with Gasteiger partial charge in [-0.05, 0) is 58.3 Å². The van der Waals surface area contributed by atoms with E-state index in [0.29, 0.717) is 17.9 Å². The smallest absolute Gasteiger partial charge is 0.416 e. The zero-order valence-corrected chi connectivity index (χ0v) is 19.4. The third-order valence-corrected chi connectivity index (χ3v) is 5.68. The number of rotatable bonds is 6. The zero-order valence-electron chi connectivity index (χ0n) is 18.6. The van der Waals surface area contributed by atoms with E-state index in [2.05, 4.69) is 5.32 Å². The first-order valence-electron chi connectivity index (χ1n) is 10.7. The molecule has 0 radical (unpaired) electrons. The number of nitrogens with one attached hydrogen (secondary N) is 1. The Labute approximate surface area is 210 Å². The molecule has 0 aliphatic heterocycles. The highest BCUT2D eigenvalue weighted by Crippen LogP contribution is 2.34. The van der Waals surface area contributed by atoms with E-state index >= 15 is 0 Å². The Hall–Kier alpha value is -4.28. The second-order valence-corrected chi connectivity index (χ2v) is 8.22. The second kappa shape index (κ2) is 10.5. The number of hydrogen-bond donors (Lipinski definition) is 1. The van der Waals surface area contributed by atoms with Crippen LogP contribution in [0.15, 0.2) is 90.5 Å². The lowest BCUT2D eigenvalue weighted by atomic mass is 10.1. The van der Waals surface area contributed by atoms with Gasteiger partial charge in [-0.1, -0.05) is 66.2 Å². The molecule has 0 heterocycles. The average molecular weight is 507 g/mol. The van der Waals surface area contributed by atoms with Crippen molar-refractivity contribution in [3.05, 3.63) is 112 Å². The Bertz CT molecular complexity index is 1500. The molecule has 4 rings (SSSR count). The lowest BCUT2D eigenvalue weighted by Gasteiger charge is -2.11. The monoisotopic (exact) mass is 506 g/mol. The van der Waals surface area contributed by atoms with Gasteiger partial charge >= 0.3 is 6.18 Å². The largest absolute Gasteiger partial charge is 0.489 e. The van der Waals surface area contributed by atoms with Crippen molar-refractivity contribution in [3.63, 3.8) is 0 Å². The van der Waals surface area contributed by atoms with Gasteiger partial charge in [0.2, 0.25) is 0 Å². The predicted molar refractivity (Wildman–Crippen MR) is 133 cm³/mol. The quantitative estimate of drug-likeness (QED) is 0.216. The number of halogens is 4. The fourth-order valence-electron chi connectivity index (χ4n) is 3.58. The van der Waals surface area contributed by atoms with Gasteiger partial charge in [0.1, 0.15) is 24.0 Å². The van der Waals surface area contributed by atoms with Gasteiger partial charge in [-0.25, -0.2) is 0 Å². The van der Waals surface area contributed by atoms with E-state index in [9.17, 15) is 23.2 Å². The Kier molecular flexibility index (Phi) is 7.28. The number of amides is 1. The molecule has 0 bridgehead atoms. The van der Waals surface area contributed by atoms with Crippen LogP contribution in [0.4, 0.5) is 18.9 Å². The van der Waals surface area contributed by atoms with Crippen molar-refractivity contribution in [2.75, 3.05) is 5.32 Å². The maximum atomic E-state index is 13.0. The number of carbonyl (C=O) groups excluding carboxylic acids is 1. The van der Waals surface area contributed by atoms with Crippen molar-refractivity contribution in [1.29, 1.82) is 5.26 Å². The second-order valence-electron chi connectivity index (χ2n) is 7.82. The summed E-state index contributed by atoms with van der Waals surface area (Å²) in [6, 6.07) is 25.0. The average Bonchev–Trinajstić information content (AvgIpc) is 2.86. The molecule has 4 nitrogen and oxygen atoms in total. The molecule has 1 N–H and O–H groups in total. The van der Waals surface area contributed by atoms with E-state index in [4.69, 9.17) is 16.3 Å². The number of anilines is 1. The van der Waals surface area contributed by atoms with Crippen LogP contribution in [-0.2, 0) is 17.6 Å². The maximum Gasteiger partial charge on any atom is 0.416 e. The number of nitriles is 1. The highest BCUT2D eigenvalue weighted by molar-refractivity contribution is 6.34. The first-order chi connectivity index (χ1) is 17.2. The van der Waals surface area contributed by atoms with Crippen LogP contribution < -0.4 is 10.1 Å². The molecule has 0 unspecified atom stereocenters. The number of hydrogen-bond acceptors (Lipinski definition) is 3. The Balaban J connectivity index is 1.51.